The van der Waals surface area contributed by atoms with Gasteiger partial charge < -0.3 is 0 Å². The minimum absolute atomic E-state index is 0.944. The molecule has 0 bridgehead atoms. The van der Waals surface area contributed by atoms with Crippen LogP contribution in [0.2, 0.25) is 0 Å². The molecule has 4 heavy (non-hydrogen) atoms. The van der Waals surface area contributed by atoms with Gasteiger partial charge >= 0.3 is 0 Å². The van der Waals surface area contributed by atoms with Gasteiger partial charge in [-0.2, -0.15) is 0 Å². The first-order chi connectivity index (χ1) is 2.00. The molecule has 1 aliphatic heterocycles. The van der Waals surface area contributed by atoms with Crippen molar-refractivity contribution in [1.29, 1.82) is 0 Å². The summed E-state index contributed by atoms with van der Waals surface area (Å²) >= 11 is 0. The molecule has 1 rings (SSSR count). The zero-order valence-corrected chi connectivity index (χ0v) is 2.40. The Morgan fingerprint density at radius 2 is 2.00 bits per heavy atom. The molecule has 0 N–H and O–H groups in total. The van der Waals surface area contributed by atoms with Crippen LogP contribution in [0.1, 0.15) is 6.42 Å². The summed E-state index contributed by atoms with van der Waals surface area (Å²) in [6.07, 6.45) is 2.96. The Kier molecular flexibility index (Phi) is 0.268. The average molecular weight is 57.1 g/mol. The van der Waals surface area contributed by atoms with Gasteiger partial charge in [0.2, 0.25) is 0 Å². The highest BCUT2D eigenvalue weighted by molar-refractivity contribution is 5.52. The van der Waals surface area contributed by atoms with E-state index in [1.807, 2.05) is 0 Å². The van der Waals surface area contributed by atoms with Crippen LogP contribution in [0.25, 0.3) is 0 Å². The molecule has 0 aromatic heterocycles. The van der Waals surface area contributed by atoms with E-state index in [9.17, 15) is 0 Å². The normalized spacial score (nSPS) is 20.0. The fraction of sp³-hybridized carbons (Fsp3) is 0.667. The van der Waals surface area contributed by atoms with Gasteiger partial charge in [-0.25, -0.2) is 0 Å². The molecule has 0 spiro atoms. The Morgan fingerprint density at radius 1 is 1.75 bits per heavy atom. The van der Waals surface area contributed by atoms with Gasteiger partial charge in [-0.05, 0) is 0 Å². The van der Waals surface area contributed by atoms with Crippen LogP contribution in [-0.2, 0) is 4.42 Å². The highest BCUT2D eigenvalue weighted by Gasteiger charge is 2.01. The van der Waals surface area contributed by atoms with Crippen molar-refractivity contribution < 1.29 is 4.42 Å². The van der Waals surface area contributed by atoms with E-state index in [1.54, 1.807) is 6.29 Å². The van der Waals surface area contributed by atoms with E-state index in [0.717, 1.165) is 13.0 Å². The molecular weight excluding hydrogens is 52.0 g/mol. The van der Waals surface area contributed by atoms with Crippen molar-refractivity contribution in [3.05, 3.63) is 0 Å². The number of rotatable bonds is 0. The number of carbonyl (C=O) groups excluding carboxylic acids is 1. The smallest absolute Gasteiger partial charge is 0.266 e. The molecule has 1 heteroatoms. The lowest BCUT2D eigenvalue weighted by Crippen LogP contribution is -1.98. The Hall–Kier alpha value is -0.330. The molecule has 0 saturated carbocycles. The highest BCUT2D eigenvalue weighted by atomic mass is 16.4. The molecule has 0 atom stereocenters. The van der Waals surface area contributed by atoms with Gasteiger partial charge in [-0.3, -0.25) is 4.42 Å². The monoisotopic (exact) mass is 57.0 g/mol. The van der Waals surface area contributed by atoms with Crippen LogP contribution in [0.3, 0.4) is 0 Å². The van der Waals surface area contributed by atoms with Crippen LogP contribution < -0.4 is 0 Å². The molecule has 0 aliphatic carbocycles. The van der Waals surface area contributed by atoms with Crippen molar-refractivity contribution in [3.63, 3.8) is 0 Å². The number of hydrogen-bond donors (Lipinski definition) is 0. The Labute approximate surface area is 24.9 Å². The van der Waals surface area contributed by atoms with Gasteiger partial charge in [0.1, 0.15) is 6.42 Å². The summed E-state index contributed by atoms with van der Waals surface area (Å²) in [6.45, 7) is 0.944. The van der Waals surface area contributed by atoms with Crippen molar-refractivity contribution in [2.75, 3.05) is 6.61 Å². The minimum atomic E-state index is 0.944. The summed E-state index contributed by atoms with van der Waals surface area (Å²) in [5.41, 5.74) is 0. The third-order valence-electron chi connectivity index (χ3n) is 0.471. The SMILES string of the molecule is C1=[O+]CC1. The van der Waals surface area contributed by atoms with Gasteiger partial charge in [0.15, 0.2) is 0 Å². The van der Waals surface area contributed by atoms with Crippen molar-refractivity contribution >= 4 is 6.29 Å². The molecule has 22 valence electrons. The maximum absolute atomic E-state index is 4.60. The number of hydrogen-bond acceptors (Lipinski definition) is 0. The van der Waals surface area contributed by atoms with Crippen molar-refractivity contribution in [3.8, 4) is 0 Å². The van der Waals surface area contributed by atoms with Crippen LogP contribution in [0.15, 0.2) is 0 Å². The molecule has 0 aromatic carbocycles. The summed E-state index contributed by atoms with van der Waals surface area (Å²) in [7, 11) is 0. The lowest BCUT2D eigenvalue weighted by atomic mass is 10.5. The maximum atomic E-state index is 4.60. The first kappa shape index (κ1) is 1.94. The van der Waals surface area contributed by atoms with Gasteiger partial charge in [-0.1, -0.05) is 0 Å². The summed E-state index contributed by atoms with van der Waals surface area (Å²) in [5.74, 6) is 0. The fourth-order valence-corrected chi connectivity index (χ4v) is 0.118. The van der Waals surface area contributed by atoms with E-state index in [0.29, 0.717) is 0 Å². The third-order valence-corrected chi connectivity index (χ3v) is 0.471. The summed E-state index contributed by atoms with van der Waals surface area (Å²) in [5, 5.41) is 0. The van der Waals surface area contributed by atoms with Crippen LogP contribution in [0.4, 0.5) is 0 Å². The zero-order valence-electron chi connectivity index (χ0n) is 2.40. The Balaban J connectivity index is 2.47. The lowest BCUT2D eigenvalue weighted by molar-refractivity contribution is -0.478. The van der Waals surface area contributed by atoms with Crippen LogP contribution in [-0.4, -0.2) is 12.9 Å². The first-order valence-corrected chi connectivity index (χ1v) is 1.43. The third kappa shape index (κ3) is 0.0557. The molecular formula is C3H5O+. The van der Waals surface area contributed by atoms with E-state index >= 15 is 0 Å². The summed E-state index contributed by atoms with van der Waals surface area (Å²) < 4.78 is 4.60. The van der Waals surface area contributed by atoms with Crippen molar-refractivity contribution in [2.45, 2.75) is 6.42 Å². The van der Waals surface area contributed by atoms with E-state index in [-0.39, 0.29) is 0 Å². The van der Waals surface area contributed by atoms with E-state index in [4.69, 9.17) is 0 Å². The maximum Gasteiger partial charge on any atom is 0.294 e. The van der Waals surface area contributed by atoms with E-state index < -0.39 is 0 Å². The lowest BCUT2D eigenvalue weighted by Gasteiger charge is -1.76. The van der Waals surface area contributed by atoms with Crippen molar-refractivity contribution in [1.82, 2.24) is 0 Å². The van der Waals surface area contributed by atoms with Crippen LogP contribution in [0.5, 0.6) is 0 Å². The van der Waals surface area contributed by atoms with Crippen LogP contribution >= 0.6 is 0 Å². The second-order valence-electron chi connectivity index (χ2n) is 0.826. The molecule has 0 radical (unpaired) electrons. The molecule has 1 heterocycles. The average Bonchev–Trinajstić information content (AvgIpc) is 0.722. The second kappa shape index (κ2) is 0.553. The molecule has 0 aromatic rings. The Bertz CT molecular complexity index is 32.5. The standard InChI is InChI=1S/C3H5O/c1-2-4-3-1/h2H,1,3H2/q+1. The molecule has 1 aliphatic rings. The summed E-state index contributed by atoms with van der Waals surface area (Å²) in [6, 6.07) is 0. The predicted molar refractivity (Wildman–Crippen MR) is 15.5 cm³/mol. The quantitative estimate of drug-likeness (QED) is 0.276. The number of aldehydes is 1. The topological polar surface area (TPSA) is 11.3 Å². The van der Waals surface area contributed by atoms with Crippen molar-refractivity contribution in [2.24, 2.45) is 0 Å². The van der Waals surface area contributed by atoms with E-state index in [2.05, 4.69) is 4.42 Å². The molecule has 1 nitrogen and oxygen atoms in total. The largest absolute Gasteiger partial charge is 0.294 e. The molecule has 0 saturated heterocycles. The molecule has 0 unspecified atom stereocenters. The van der Waals surface area contributed by atoms with Gasteiger partial charge in [0.05, 0.1) is 0 Å². The second-order valence-corrected chi connectivity index (χ2v) is 0.826. The fourth-order valence-electron chi connectivity index (χ4n) is 0.118. The Morgan fingerprint density at radius 3 is 2.00 bits per heavy atom. The van der Waals surface area contributed by atoms with E-state index in [1.165, 1.54) is 0 Å². The minimum Gasteiger partial charge on any atom is -0.266 e. The predicted octanol–water partition coefficient (Wildman–Crippen LogP) is 0.125. The van der Waals surface area contributed by atoms with Crippen LogP contribution in [0, 0.1) is 0 Å². The highest BCUT2D eigenvalue weighted by Crippen LogP contribution is 1.77. The first-order valence-electron chi connectivity index (χ1n) is 1.43. The van der Waals surface area contributed by atoms with Gasteiger partial charge in [0.25, 0.3) is 12.9 Å². The zero-order chi connectivity index (χ0) is 2.83. The van der Waals surface area contributed by atoms with Gasteiger partial charge in [0, 0.05) is 0 Å². The molecule has 0 amide bonds. The molecule has 0 fully saturated rings. The summed E-state index contributed by atoms with van der Waals surface area (Å²) in [4.78, 5) is 0. The van der Waals surface area contributed by atoms with Gasteiger partial charge in [-0.15, -0.1) is 0 Å².